The number of hydrogen-bond acceptors (Lipinski definition) is 3. The topological polar surface area (TPSA) is 39.9 Å². The monoisotopic (exact) mass is 183 g/mol. The highest BCUT2D eigenvalue weighted by molar-refractivity contribution is 4.82. The van der Waals surface area contributed by atoms with Crippen LogP contribution in [0.15, 0.2) is 6.33 Å². The molecule has 0 aliphatic carbocycles. The molecule has 0 amide bonds. The standard InChI is InChI=1S/C9H17N3O/c1-4-5-12-7-10-11-9(12)6-13-8(2)3/h7-8H,4-6H2,1-3H3. The summed E-state index contributed by atoms with van der Waals surface area (Å²) in [6, 6.07) is 0. The van der Waals surface area contributed by atoms with Crippen molar-refractivity contribution in [1.82, 2.24) is 14.8 Å². The van der Waals surface area contributed by atoms with Gasteiger partial charge in [-0.2, -0.15) is 0 Å². The second-order valence-electron chi connectivity index (χ2n) is 3.30. The number of aryl methyl sites for hydroxylation is 1. The summed E-state index contributed by atoms with van der Waals surface area (Å²) in [5, 5.41) is 7.85. The molecule has 4 heteroatoms. The first-order chi connectivity index (χ1) is 6.24. The van der Waals surface area contributed by atoms with Gasteiger partial charge in [-0.25, -0.2) is 0 Å². The number of rotatable bonds is 5. The summed E-state index contributed by atoms with van der Waals surface area (Å²) in [5.41, 5.74) is 0. The highest BCUT2D eigenvalue weighted by Crippen LogP contribution is 2.01. The summed E-state index contributed by atoms with van der Waals surface area (Å²) in [6.45, 7) is 7.68. The van der Waals surface area contributed by atoms with Crippen LogP contribution >= 0.6 is 0 Å². The molecule has 1 heterocycles. The largest absolute Gasteiger partial charge is 0.371 e. The van der Waals surface area contributed by atoms with E-state index >= 15 is 0 Å². The van der Waals surface area contributed by atoms with Crippen molar-refractivity contribution in [3.05, 3.63) is 12.2 Å². The highest BCUT2D eigenvalue weighted by Gasteiger charge is 2.03. The zero-order valence-corrected chi connectivity index (χ0v) is 8.53. The van der Waals surface area contributed by atoms with E-state index < -0.39 is 0 Å². The molecule has 0 bridgehead atoms. The van der Waals surface area contributed by atoms with Crippen LogP contribution in [0, 0.1) is 0 Å². The van der Waals surface area contributed by atoms with Crippen LogP contribution in [-0.4, -0.2) is 20.9 Å². The minimum absolute atomic E-state index is 0.242. The van der Waals surface area contributed by atoms with Gasteiger partial charge in [0, 0.05) is 6.54 Å². The average molecular weight is 183 g/mol. The molecule has 1 rings (SSSR count). The first kappa shape index (κ1) is 10.2. The lowest BCUT2D eigenvalue weighted by Crippen LogP contribution is -2.08. The van der Waals surface area contributed by atoms with Crippen molar-refractivity contribution in [2.24, 2.45) is 0 Å². The summed E-state index contributed by atoms with van der Waals surface area (Å²) in [4.78, 5) is 0. The molecule has 1 aromatic heterocycles. The normalized spacial score (nSPS) is 11.1. The van der Waals surface area contributed by atoms with Gasteiger partial charge in [-0.05, 0) is 20.3 Å². The van der Waals surface area contributed by atoms with E-state index in [4.69, 9.17) is 4.74 Å². The van der Waals surface area contributed by atoms with Crippen LogP contribution in [0.4, 0.5) is 0 Å². The van der Waals surface area contributed by atoms with Gasteiger partial charge in [0.15, 0.2) is 5.82 Å². The summed E-state index contributed by atoms with van der Waals surface area (Å²) in [7, 11) is 0. The second-order valence-corrected chi connectivity index (χ2v) is 3.30. The van der Waals surface area contributed by atoms with Crippen molar-refractivity contribution in [2.75, 3.05) is 0 Å². The average Bonchev–Trinajstić information content (AvgIpc) is 2.49. The molecule has 0 spiro atoms. The lowest BCUT2D eigenvalue weighted by molar-refractivity contribution is 0.0592. The van der Waals surface area contributed by atoms with E-state index in [-0.39, 0.29) is 6.10 Å². The van der Waals surface area contributed by atoms with E-state index in [1.165, 1.54) is 0 Å². The van der Waals surface area contributed by atoms with Crippen LogP contribution in [0.2, 0.25) is 0 Å². The molecular weight excluding hydrogens is 166 g/mol. The Kier molecular flexibility index (Phi) is 3.89. The Bertz CT molecular complexity index is 245. The summed E-state index contributed by atoms with van der Waals surface area (Å²) < 4.78 is 7.48. The molecule has 0 saturated heterocycles. The lowest BCUT2D eigenvalue weighted by Gasteiger charge is -2.07. The Hall–Kier alpha value is -0.900. The van der Waals surface area contributed by atoms with Crippen LogP contribution in [0.25, 0.3) is 0 Å². The van der Waals surface area contributed by atoms with Gasteiger partial charge in [-0.15, -0.1) is 10.2 Å². The molecule has 0 aliphatic rings. The number of hydrogen-bond donors (Lipinski definition) is 0. The first-order valence-corrected chi connectivity index (χ1v) is 4.72. The van der Waals surface area contributed by atoms with Crippen molar-refractivity contribution in [3.8, 4) is 0 Å². The molecule has 0 radical (unpaired) electrons. The quantitative estimate of drug-likeness (QED) is 0.696. The summed E-state index contributed by atoms with van der Waals surface area (Å²) in [5.74, 6) is 0.913. The Morgan fingerprint density at radius 2 is 2.31 bits per heavy atom. The summed E-state index contributed by atoms with van der Waals surface area (Å²) >= 11 is 0. The Morgan fingerprint density at radius 3 is 2.92 bits per heavy atom. The second kappa shape index (κ2) is 4.97. The molecule has 13 heavy (non-hydrogen) atoms. The maximum atomic E-state index is 5.45. The molecule has 0 atom stereocenters. The third kappa shape index (κ3) is 3.14. The van der Waals surface area contributed by atoms with E-state index in [9.17, 15) is 0 Å². The van der Waals surface area contributed by atoms with Gasteiger partial charge >= 0.3 is 0 Å². The van der Waals surface area contributed by atoms with E-state index in [0.29, 0.717) is 6.61 Å². The van der Waals surface area contributed by atoms with Crippen molar-refractivity contribution < 1.29 is 4.74 Å². The number of ether oxygens (including phenoxy) is 1. The van der Waals surface area contributed by atoms with Gasteiger partial charge in [0.05, 0.1) is 6.10 Å². The third-order valence-corrected chi connectivity index (χ3v) is 1.71. The first-order valence-electron chi connectivity index (χ1n) is 4.72. The molecule has 0 aromatic carbocycles. The zero-order valence-electron chi connectivity index (χ0n) is 8.53. The van der Waals surface area contributed by atoms with Crippen molar-refractivity contribution in [3.63, 3.8) is 0 Å². The Balaban J connectivity index is 2.49. The van der Waals surface area contributed by atoms with Crippen molar-refractivity contribution in [1.29, 1.82) is 0 Å². The number of nitrogens with zero attached hydrogens (tertiary/aromatic N) is 3. The molecule has 1 aromatic rings. The summed E-state index contributed by atoms with van der Waals surface area (Å²) in [6.07, 6.45) is 3.08. The van der Waals surface area contributed by atoms with E-state index in [2.05, 4.69) is 17.1 Å². The minimum Gasteiger partial charge on any atom is -0.371 e. The third-order valence-electron chi connectivity index (χ3n) is 1.71. The lowest BCUT2D eigenvalue weighted by atomic mass is 10.4. The molecule has 0 aliphatic heterocycles. The van der Waals surface area contributed by atoms with Gasteiger partial charge < -0.3 is 9.30 Å². The van der Waals surface area contributed by atoms with Gasteiger partial charge in [0.1, 0.15) is 12.9 Å². The molecule has 0 unspecified atom stereocenters. The smallest absolute Gasteiger partial charge is 0.158 e. The predicted molar refractivity (Wildman–Crippen MR) is 50.2 cm³/mol. The van der Waals surface area contributed by atoms with E-state index in [1.807, 2.05) is 18.4 Å². The molecule has 0 N–H and O–H groups in total. The SMILES string of the molecule is CCCn1cnnc1COC(C)C. The zero-order chi connectivity index (χ0) is 9.68. The van der Waals surface area contributed by atoms with Gasteiger partial charge in [-0.3, -0.25) is 0 Å². The molecular formula is C9H17N3O. The molecule has 0 saturated carbocycles. The molecule has 4 nitrogen and oxygen atoms in total. The van der Waals surface area contributed by atoms with Crippen LogP contribution in [0.1, 0.15) is 33.0 Å². The maximum Gasteiger partial charge on any atom is 0.158 e. The van der Waals surface area contributed by atoms with E-state index in [1.54, 1.807) is 6.33 Å². The van der Waals surface area contributed by atoms with Crippen molar-refractivity contribution in [2.45, 2.75) is 46.4 Å². The molecule has 0 fully saturated rings. The van der Waals surface area contributed by atoms with Crippen molar-refractivity contribution >= 4 is 0 Å². The Morgan fingerprint density at radius 1 is 1.54 bits per heavy atom. The minimum atomic E-state index is 0.242. The predicted octanol–water partition coefficient (Wildman–Crippen LogP) is 1.61. The molecule has 74 valence electrons. The fourth-order valence-corrected chi connectivity index (χ4v) is 1.06. The fraction of sp³-hybridized carbons (Fsp3) is 0.778. The van der Waals surface area contributed by atoms with Crippen LogP contribution in [-0.2, 0) is 17.9 Å². The van der Waals surface area contributed by atoms with Gasteiger partial charge in [-0.1, -0.05) is 6.92 Å². The fourth-order valence-electron chi connectivity index (χ4n) is 1.06. The van der Waals surface area contributed by atoms with Crippen LogP contribution in [0.5, 0.6) is 0 Å². The van der Waals surface area contributed by atoms with Crippen LogP contribution in [0.3, 0.4) is 0 Å². The maximum absolute atomic E-state index is 5.45. The van der Waals surface area contributed by atoms with E-state index in [0.717, 1.165) is 18.8 Å². The highest BCUT2D eigenvalue weighted by atomic mass is 16.5. The Labute approximate surface area is 78.9 Å². The van der Waals surface area contributed by atoms with Gasteiger partial charge in [0.25, 0.3) is 0 Å². The van der Waals surface area contributed by atoms with Crippen LogP contribution < -0.4 is 0 Å². The number of aromatic nitrogens is 3. The van der Waals surface area contributed by atoms with Gasteiger partial charge in [0.2, 0.25) is 0 Å².